The van der Waals surface area contributed by atoms with Gasteiger partial charge in [0.1, 0.15) is 28.1 Å². The molecule has 1 aliphatic rings. The Kier molecular flexibility index (Phi) is 5.75. The van der Waals surface area contributed by atoms with E-state index in [1.165, 1.54) is 34.2 Å². The number of aliphatic imine (C=N–C) groups is 1. The van der Waals surface area contributed by atoms with Gasteiger partial charge in [0.05, 0.1) is 16.1 Å². The number of phenols is 2. The van der Waals surface area contributed by atoms with Crippen LogP contribution in [0, 0.1) is 11.3 Å². The van der Waals surface area contributed by atoms with Crippen molar-refractivity contribution in [1.82, 2.24) is 14.8 Å². The molecular formula is C22H20N6O3S. The van der Waals surface area contributed by atoms with E-state index in [1.54, 1.807) is 0 Å². The first-order chi connectivity index (χ1) is 15.5. The fourth-order valence-corrected chi connectivity index (χ4v) is 4.18. The summed E-state index contributed by atoms with van der Waals surface area (Å²) in [6, 6.07) is 9.90. The fourth-order valence-electron chi connectivity index (χ4n) is 3.31. The maximum atomic E-state index is 11.8. The topological polar surface area (TPSA) is 128 Å². The van der Waals surface area contributed by atoms with E-state index in [0.29, 0.717) is 11.3 Å². The van der Waals surface area contributed by atoms with E-state index in [1.807, 2.05) is 25.2 Å². The highest BCUT2D eigenvalue weighted by Crippen LogP contribution is 2.36. The minimum Gasteiger partial charge on any atom is -0.508 e. The number of carbonyl (C=O) groups is 1. The lowest BCUT2D eigenvalue weighted by atomic mass is 10.1. The zero-order chi connectivity index (χ0) is 22.8. The van der Waals surface area contributed by atoms with Crippen LogP contribution in [-0.4, -0.2) is 50.7 Å². The van der Waals surface area contributed by atoms with Crippen LogP contribution >= 0.6 is 11.3 Å². The third-order valence-corrected chi connectivity index (χ3v) is 6.10. The Labute approximate surface area is 188 Å². The van der Waals surface area contributed by atoms with E-state index in [0.717, 1.165) is 24.4 Å². The minimum atomic E-state index is -0.206. The number of anilines is 1. The number of nitrogens with zero attached hydrogens (tertiary/aromatic N) is 6. The lowest BCUT2D eigenvalue weighted by Gasteiger charge is -2.15. The SMILES string of the molecule is CCCCN(C)c1ccc(/N=C2\C(C#N)=C(C=O)c3nc(-c4ccc(O)cc4O)nn32)s1. The number of nitriles is 1. The molecule has 0 atom stereocenters. The first kappa shape index (κ1) is 21.3. The third kappa shape index (κ3) is 3.74. The molecular weight excluding hydrogens is 428 g/mol. The number of aromatic nitrogens is 3. The van der Waals surface area contributed by atoms with Crippen molar-refractivity contribution in [3.63, 3.8) is 0 Å². The summed E-state index contributed by atoms with van der Waals surface area (Å²) < 4.78 is 1.34. The van der Waals surface area contributed by atoms with E-state index in [9.17, 15) is 20.3 Å². The number of rotatable bonds is 7. The first-order valence-corrected chi connectivity index (χ1v) is 10.8. The number of carbonyl (C=O) groups excluding carboxylic acids is 1. The van der Waals surface area contributed by atoms with Crippen LogP contribution in [0.1, 0.15) is 25.6 Å². The van der Waals surface area contributed by atoms with Crippen LogP contribution in [0.2, 0.25) is 0 Å². The summed E-state index contributed by atoms with van der Waals surface area (Å²) in [6.07, 6.45) is 2.74. The molecule has 3 heterocycles. The van der Waals surface area contributed by atoms with Crippen molar-refractivity contribution < 1.29 is 15.0 Å². The Morgan fingerprint density at radius 2 is 2.12 bits per heavy atom. The van der Waals surface area contributed by atoms with E-state index >= 15 is 0 Å². The predicted molar refractivity (Wildman–Crippen MR) is 122 cm³/mol. The van der Waals surface area contributed by atoms with Crippen LogP contribution in [0.25, 0.3) is 17.0 Å². The quantitative estimate of drug-likeness (QED) is 0.527. The van der Waals surface area contributed by atoms with Crippen molar-refractivity contribution in [2.24, 2.45) is 4.99 Å². The summed E-state index contributed by atoms with van der Waals surface area (Å²) in [5, 5.41) is 35.4. The molecule has 2 N–H and O–H groups in total. The van der Waals surface area contributed by atoms with E-state index in [4.69, 9.17) is 0 Å². The average molecular weight is 449 g/mol. The number of phenolic OH excluding ortho intramolecular Hbond substituents is 2. The molecule has 0 fully saturated rings. The van der Waals surface area contributed by atoms with Gasteiger partial charge in [0.15, 0.2) is 23.8 Å². The molecule has 0 saturated heterocycles. The minimum absolute atomic E-state index is 0.0834. The van der Waals surface area contributed by atoms with Crippen LogP contribution in [-0.2, 0) is 4.79 Å². The lowest BCUT2D eigenvalue weighted by molar-refractivity contribution is -0.103. The normalized spacial score (nSPS) is 14.0. The first-order valence-electron chi connectivity index (χ1n) is 9.96. The largest absolute Gasteiger partial charge is 0.508 e. The standard InChI is InChI=1S/C22H20N6O3S/c1-3-4-9-27(2)19-8-7-18(32-19)24-21-15(11-23)16(12-29)22-25-20(26-28(21)22)14-6-5-13(30)10-17(14)31/h5-8,10,12,30-31H,3-4,9H2,1-2H3/b24-21+. The molecule has 10 heteroatoms. The van der Waals surface area contributed by atoms with Gasteiger partial charge in [0.25, 0.3) is 0 Å². The number of unbranched alkanes of at least 4 members (excludes halogenated alkanes) is 1. The van der Waals surface area contributed by atoms with Crippen LogP contribution in [0.4, 0.5) is 10.0 Å². The maximum Gasteiger partial charge on any atom is 0.185 e. The van der Waals surface area contributed by atoms with Gasteiger partial charge in [-0.05, 0) is 30.7 Å². The summed E-state index contributed by atoms with van der Waals surface area (Å²) >= 11 is 1.47. The average Bonchev–Trinajstić information content (AvgIpc) is 3.47. The Hall–Kier alpha value is -3.97. The smallest absolute Gasteiger partial charge is 0.185 e. The molecule has 2 aromatic heterocycles. The highest BCUT2D eigenvalue weighted by Gasteiger charge is 2.32. The zero-order valence-corrected chi connectivity index (χ0v) is 18.3. The number of thiophene rings is 1. The second kappa shape index (κ2) is 8.64. The fraction of sp³-hybridized carbons (Fsp3) is 0.227. The van der Waals surface area contributed by atoms with Crippen LogP contribution in [0.3, 0.4) is 0 Å². The Morgan fingerprint density at radius 3 is 2.81 bits per heavy atom. The van der Waals surface area contributed by atoms with Crippen molar-refractivity contribution in [2.45, 2.75) is 19.8 Å². The van der Waals surface area contributed by atoms with Crippen molar-refractivity contribution in [2.75, 3.05) is 18.5 Å². The molecule has 3 aromatic rings. The summed E-state index contributed by atoms with van der Waals surface area (Å²) in [4.78, 5) is 22.9. The predicted octanol–water partition coefficient (Wildman–Crippen LogP) is 3.72. The number of hydrogen-bond acceptors (Lipinski definition) is 9. The second-order valence-corrected chi connectivity index (χ2v) is 8.25. The molecule has 1 aliphatic heterocycles. The van der Waals surface area contributed by atoms with Gasteiger partial charge in [0, 0.05) is 19.7 Å². The highest BCUT2D eigenvalue weighted by molar-refractivity contribution is 7.19. The van der Waals surface area contributed by atoms with Gasteiger partial charge in [0.2, 0.25) is 0 Å². The molecule has 0 radical (unpaired) electrons. The monoisotopic (exact) mass is 448 g/mol. The summed E-state index contributed by atoms with van der Waals surface area (Å²) in [6.45, 7) is 3.07. The van der Waals surface area contributed by atoms with Gasteiger partial charge < -0.3 is 15.1 Å². The van der Waals surface area contributed by atoms with Gasteiger partial charge in [-0.3, -0.25) is 4.79 Å². The van der Waals surface area contributed by atoms with Crippen molar-refractivity contribution in [1.29, 1.82) is 5.26 Å². The van der Waals surface area contributed by atoms with Crippen LogP contribution in [0.15, 0.2) is 40.9 Å². The third-order valence-electron chi connectivity index (χ3n) is 5.01. The van der Waals surface area contributed by atoms with Gasteiger partial charge in [-0.15, -0.1) is 5.10 Å². The van der Waals surface area contributed by atoms with E-state index in [2.05, 4.69) is 26.9 Å². The molecule has 9 nitrogen and oxygen atoms in total. The van der Waals surface area contributed by atoms with Gasteiger partial charge in [-0.25, -0.2) is 9.98 Å². The van der Waals surface area contributed by atoms with E-state index in [-0.39, 0.29) is 45.7 Å². The highest BCUT2D eigenvalue weighted by atomic mass is 32.1. The molecule has 32 heavy (non-hydrogen) atoms. The van der Waals surface area contributed by atoms with Crippen LogP contribution < -0.4 is 4.90 Å². The molecule has 1 aromatic carbocycles. The Balaban J connectivity index is 1.77. The van der Waals surface area contributed by atoms with Crippen molar-refractivity contribution in [3.8, 4) is 29.0 Å². The molecule has 0 aliphatic carbocycles. The number of aldehydes is 1. The number of aromatic hydroxyl groups is 2. The summed E-state index contributed by atoms with van der Waals surface area (Å²) in [7, 11) is 2.02. The molecule has 0 saturated carbocycles. The van der Waals surface area contributed by atoms with E-state index < -0.39 is 0 Å². The lowest BCUT2D eigenvalue weighted by Crippen LogP contribution is -2.16. The van der Waals surface area contributed by atoms with Gasteiger partial charge in [-0.1, -0.05) is 24.7 Å². The maximum absolute atomic E-state index is 11.8. The molecule has 0 amide bonds. The van der Waals surface area contributed by atoms with Crippen molar-refractivity contribution in [3.05, 3.63) is 41.7 Å². The Bertz CT molecular complexity index is 1300. The van der Waals surface area contributed by atoms with Gasteiger partial charge in [-0.2, -0.15) is 9.94 Å². The molecule has 4 rings (SSSR count). The van der Waals surface area contributed by atoms with Gasteiger partial charge >= 0.3 is 0 Å². The molecule has 162 valence electrons. The molecule has 0 bridgehead atoms. The summed E-state index contributed by atoms with van der Waals surface area (Å²) in [5.41, 5.74) is 0.453. The number of benzene rings is 1. The molecule has 0 spiro atoms. The van der Waals surface area contributed by atoms with Crippen LogP contribution in [0.5, 0.6) is 11.5 Å². The number of allylic oxidation sites excluding steroid dienone is 2. The second-order valence-electron chi connectivity index (χ2n) is 7.21. The Morgan fingerprint density at radius 1 is 1.31 bits per heavy atom. The molecule has 0 unspecified atom stereocenters. The summed E-state index contributed by atoms with van der Waals surface area (Å²) in [5.74, 6) is 0.217. The number of hydrogen-bond donors (Lipinski definition) is 2. The number of fused-ring (bicyclic) bond motifs is 1. The zero-order valence-electron chi connectivity index (χ0n) is 17.5. The van der Waals surface area contributed by atoms with Crippen molar-refractivity contribution >= 4 is 39.0 Å².